The molecule has 1 aromatic carbocycles. The number of H-pyrrole nitrogens is 2. The second kappa shape index (κ2) is 4.78. The number of aromatic hydroxyl groups is 1. The second-order valence-corrected chi connectivity index (χ2v) is 4.41. The molecule has 0 aliphatic rings. The maximum absolute atomic E-state index is 12.1. The van der Waals surface area contributed by atoms with E-state index in [-0.39, 0.29) is 17.3 Å². The maximum Gasteiger partial charge on any atom is 0.262 e. The van der Waals surface area contributed by atoms with Crippen LogP contribution in [-0.2, 0) is 0 Å². The van der Waals surface area contributed by atoms with Crippen LogP contribution in [0.15, 0.2) is 35.3 Å². The first-order valence-electron chi connectivity index (χ1n) is 5.60. The fraction of sp³-hybridized carbons (Fsp3) is 0. The van der Waals surface area contributed by atoms with Crippen LogP contribution in [0.4, 0.5) is 0 Å². The lowest BCUT2D eigenvalue weighted by atomic mass is 10.1. The zero-order valence-corrected chi connectivity index (χ0v) is 10.7. The Morgan fingerprint density at radius 1 is 1.20 bits per heavy atom. The first kappa shape index (κ1) is 12.4. The number of rotatable bonds is 2. The minimum Gasteiger partial charge on any atom is -0.493 e. The Kier molecular flexibility index (Phi) is 2.96. The predicted octanol–water partition coefficient (Wildman–Crippen LogP) is 1.58. The molecule has 7 nitrogen and oxygen atoms in total. The van der Waals surface area contributed by atoms with Gasteiger partial charge in [-0.1, -0.05) is 23.7 Å². The van der Waals surface area contributed by atoms with E-state index in [0.29, 0.717) is 16.3 Å². The summed E-state index contributed by atoms with van der Waals surface area (Å²) in [5, 5.41) is 20.3. The monoisotopic (exact) mass is 289 g/mol. The molecule has 100 valence electrons. The van der Waals surface area contributed by atoms with Crippen molar-refractivity contribution in [1.29, 1.82) is 0 Å². The summed E-state index contributed by atoms with van der Waals surface area (Å²) in [5.41, 5.74) is 0.458. The number of benzene rings is 1. The molecular weight excluding hydrogens is 282 g/mol. The van der Waals surface area contributed by atoms with E-state index in [1.165, 1.54) is 6.20 Å². The zero-order valence-electron chi connectivity index (χ0n) is 9.96. The van der Waals surface area contributed by atoms with E-state index in [1.54, 1.807) is 24.3 Å². The molecule has 0 radical (unpaired) electrons. The van der Waals surface area contributed by atoms with Crippen LogP contribution in [0.1, 0.15) is 0 Å². The average Bonchev–Trinajstić information content (AvgIpc) is 2.94. The van der Waals surface area contributed by atoms with Crippen LogP contribution in [0, 0.1) is 0 Å². The van der Waals surface area contributed by atoms with Gasteiger partial charge in [0.05, 0.1) is 6.20 Å². The number of nitrogens with zero attached hydrogens (tertiary/aromatic N) is 3. The van der Waals surface area contributed by atoms with Gasteiger partial charge in [-0.05, 0) is 17.7 Å². The molecule has 2 aromatic heterocycles. The van der Waals surface area contributed by atoms with E-state index >= 15 is 0 Å². The normalized spacial score (nSPS) is 10.7. The van der Waals surface area contributed by atoms with Crippen molar-refractivity contribution in [3.05, 3.63) is 45.8 Å². The number of halogens is 1. The van der Waals surface area contributed by atoms with Gasteiger partial charge in [0, 0.05) is 5.02 Å². The standard InChI is InChI=1S/C12H8ClN5O2/c13-7-3-1-6(2-4-7)9-11(19)15-10(16-12(9)20)8-5-14-18-17-8/h1-5H,(H,14,17,18)(H2,15,16,19,20). The van der Waals surface area contributed by atoms with Crippen LogP contribution in [0.3, 0.4) is 0 Å². The summed E-state index contributed by atoms with van der Waals surface area (Å²) in [5.74, 6) is -0.243. The topological polar surface area (TPSA) is 108 Å². The molecule has 0 atom stereocenters. The molecule has 8 heteroatoms. The fourth-order valence-electron chi connectivity index (χ4n) is 1.78. The molecule has 2 heterocycles. The zero-order chi connectivity index (χ0) is 14.1. The summed E-state index contributed by atoms with van der Waals surface area (Å²) in [6, 6.07) is 6.51. The second-order valence-electron chi connectivity index (χ2n) is 3.98. The molecular formula is C12H8ClN5O2. The molecule has 3 aromatic rings. The highest BCUT2D eigenvalue weighted by molar-refractivity contribution is 6.30. The lowest BCUT2D eigenvalue weighted by Crippen LogP contribution is -2.12. The van der Waals surface area contributed by atoms with Crippen LogP contribution in [-0.4, -0.2) is 30.5 Å². The van der Waals surface area contributed by atoms with Gasteiger partial charge in [-0.15, -0.1) is 0 Å². The van der Waals surface area contributed by atoms with Gasteiger partial charge >= 0.3 is 0 Å². The van der Waals surface area contributed by atoms with E-state index < -0.39 is 5.56 Å². The van der Waals surface area contributed by atoms with Crippen LogP contribution in [0.5, 0.6) is 5.88 Å². The van der Waals surface area contributed by atoms with Gasteiger partial charge in [-0.2, -0.15) is 20.4 Å². The van der Waals surface area contributed by atoms with Crippen molar-refractivity contribution < 1.29 is 5.11 Å². The Bertz CT molecular complexity index is 796. The van der Waals surface area contributed by atoms with Crippen molar-refractivity contribution in [3.63, 3.8) is 0 Å². The largest absolute Gasteiger partial charge is 0.493 e. The first-order chi connectivity index (χ1) is 9.65. The summed E-state index contributed by atoms with van der Waals surface area (Å²) in [6.45, 7) is 0. The number of hydrogen-bond donors (Lipinski definition) is 3. The third-order valence-electron chi connectivity index (χ3n) is 2.69. The Morgan fingerprint density at radius 2 is 1.95 bits per heavy atom. The molecule has 3 rings (SSSR count). The Hall–Kier alpha value is -2.67. The quantitative estimate of drug-likeness (QED) is 0.664. The van der Waals surface area contributed by atoms with Crippen molar-refractivity contribution in [2.45, 2.75) is 0 Å². The van der Waals surface area contributed by atoms with Gasteiger partial charge < -0.3 is 10.1 Å². The summed E-state index contributed by atoms with van der Waals surface area (Å²) in [7, 11) is 0. The summed E-state index contributed by atoms with van der Waals surface area (Å²) < 4.78 is 0. The lowest BCUT2D eigenvalue weighted by molar-refractivity contribution is 0.454. The number of nitrogens with one attached hydrogen (secondary N) is 2. The minimum atomic E-state index is -0.474. The van der Waals surface area contributed by atoms with E-state index in [9.17, 15) is 9.90 Å². The van der Waals surface area contributed by atoms with Gasteiger partial charge in [-0.25, -0.2) is 0 Å². The van der Waals surface area contributed by atoms with E-state index in [1.807, 2.05) is 0 Å². The number of aromatic amines is 2. The molecule has 0 fully saturated rings. The van der Waals surface area contributed by atoms with E-state index in [0.717, 1.165) is 0 Å². The van der Waals surface area contributed by atoms with Gasteiger partial charge in [0.2, 0.25) is 5.88 Å². The third-order valence-corrected chi connectivity index (χ3v) is 2.94. The third kappa shape index (κ3) is 2.14. The smallest absolute Gasteiger partial charge is 0.262 e. The SMILES string of the molecule is O=c1[nH]c(-c2cn[nH]n2)nc(O)c1-c1ccc(Cl)cc1. The summed E-state index contributed by atoms with van der Waals surface area (Å²) in [6.07, 6.45) is 1.39. The number of aromatic nitrogens is 5. The van der Waals surface area contributed by atoms with E-state index in [4.69, 9.17) is 11.6 Å². The molecule has 0 amide bonds. The molecule has 0 aliphatic carbocycles. The van der Waals surface area contributed by atoms with Crippen molar-refractivity contribution >= 4 is 11.6 Å². The summed E-state index contributed by atoms with van der Waals surface area (Å²) in [4.78, 5) is 18.6. The predicted molar refractivity (Wildman–Crippen MR) is 72.3 cm³/mol. The van der Waals surface area contributed by atoms with Crippen molar-refractivity contribution in [3.8, 4) is 28.5 Å². The van der Waals surface area contributed by atoms with Crippen LogP contribution in [0.25, 0.3) is 22.6 Å². The minimum absolute atomic E-state index is 0.0777. The molecule has 0 aliphatic heterocycles. The molecule has 0 unspecified atom stereocenters. The fourth-order valence-corrected chi connectivity index (χ4v) is 1.90. The van der Waals surface area contributed by atoms with Gasteiger partial charge in [-0.3, -0.25) is 4.79 Å². The highest BCUT2D eigenvalue weighted by atomic mass is 35.5. The van der Waals surface area contributed by atoms with Crippen molar-refractivity contribution in [1.82, 2.24) is 25.4 Å². The Labute approximate surface area is 117 Å². The highest BCUT2D eigenvalue weighted by Crippen LogP contribution is 2.25. The molecule has 0 bridgehead atoms. The molecule has 0 saturated carbocycles. The van der Waals surface area contributed by atoms with Crippen LogP contribution < -0.4 is 5.56 Å². The van der Waals surface area contributed by atoms with Crippen LogP contribution in [0.2, 0.25) is 5.02 Å². The Morgan fingerprint density at radius 3 is 2.55 bits per heavy atom. The van der Waals surface area contributed by atoms with Gasteiger partial charge in [0.15, 0.2) is 5.82 Å². The van der Waals surface area contributed by atoms with Crippen molar-refractivity contribution in [2.75, 3.05) is 0 Å². The summed E-state index contributed by atoms with van der Waals surface area (Å²) >= 11 is 5.79. The molecule has 20 heavy (non-hydrogen) atoms. The van der Waals surface area contributed by atoms with E-state index in [2.05, 4.69) is 25.4 Å². The number of hydrogen-bond acceptors (Lipinski definition) is 5. The average molecular weight is 290 g/mol. The van der Waals surface area contributed by atoms with Gasteiger partial charge in [0.1, 0.15) is 11.3 Å². The Balaban J connectivity index is 2.14. The first-order valence-corrected chi connectivity index (χ1v) is 5.98. The molecule has 3 N–H and O–H groups in total. The maximum atomic E-state index is 12.1. The van der Waals surface area contributed by atoms with Crippen molar-refractivity contribution in [2.24, 2.45) is 0 Å². The lowest BCUT2D eigenvalue weighted by Gasteiger charge is -2.04. The molecule has 0 saturated heterocycles. The van der Waals surface area contributed by atoms with Crippen LogP contribution >= 0.6 is 11.6 Å². The highest BCUT2D eigenvalue weighted by Gasteiger charge is 2.14. The molecule has 0 spiro atoms. The van der Waals surface area contributed by atoms with Gasteiger partial charge in [0.25, 0.3) is 5.56 Å².